The van der Waals surface area contributed by atoms with Gasteiger partial charge in [-0.3, -0.25) is 9.59 Å². The number of ether oxygens (including phenoxy) is 3. The Balaban J connectivity index is 2.07. The van der Waals surface area contributed by atoms with E-state index in [9.17, 15) is 14.7 Å². The number of hydrogen-bond acceptors (Lipinski definition) is 6. The van der Waals surface area contributed by atoms with Gasteiger partial charge in [0.2, 0.25) is 0 Å². The van der Waals surface area contributed by atoms with Crippen LogP contribution in [0.25, 0.3) is 0 Å². The molecular formula is C24H38O6. The summed E-state index contributed by atoms with van der Waals surface area (Å²) in [6, 6.07) is 0. The number of esters is 2. The summed E-state index contributed by atoms with van der Waals surface area (Å²) in [5.74, 6) is 0.384. The second-order valence-corrected chi connectivity index (χ2v) is 10.4. The predicted molar refractivity (Wildman–Crippen MR) is 113 cm³/mol. The number of fused-ring (bicyclic) bond motifs is 5. The molecule has 0 aromatic heterocycles. The third-order valence-electron chi connectivity index (χ3n) is 7.61. The van der Waals surface area contributed by atoms with E-state index in [0.717, 1.165) is 18.4 Å². The molecule has 6 heteroatoms. The molecule has 30 heavy (non-hydrogen) atoms. The van der Waals surface area contributed by atoms with Gasteiger partial charge in [-0.15, -0.1) is 0 Å². The maximum absolute atomic E-state index is 12.1. The van der Waals surface area contributed by atoms with Gasteiger partial charge >= 0.3 is 11.9 Å². The van der Waals surface area contributed by atoms with Crippen molar-refractivity contribution in [1.82, 2.24) is 0 Å². The third kappa shape index (κ3) is 4.31. The van der Waals surface area contributed by atoms with Crippen LogP contribution in [0.5, 0.6) is 0 Å². The van der Waals surface area contributed by atoms with Crippen LogP contribution in [0.15, 0.2) is 12.2 Å². The zero-order valence-electron chi connectivity index (χ0n) is 19.3. The van der Waals surface area contributed by atoms with Gasteiger partial charge in [0.05, 0.1) is 6.10 Å². The molecule has 0 unspecified atom stereocenters. The van der Waals surface area contributed by atoms with Gasteiger partial charge in [0.1, 0.15) is 23.4 Å². The standard InChI is InChI=1S/C24H38O6/c1-13(2)17-9-8-14(3)20-18-12-23(6,27)19(28-15(4)25)10-11-24(7,30-16(5)26)22(29-18)21(17)20/h13,17-22,27H,3,8-12H2,1-2,4-7H3/t17-,18-,19+,20-,21-,22-,23-,24-/m1/s1. The van der Waals surface area contributed by atoms with E-state index in [2.05, 4.69) is 20.4 Å². The van der Waals surface area contributed by atoms with E-state index in [1.54, 1.807) is 6.92 Å². The van der Waals surface area contributed by atoms with Crippen molar-refractivity contribution in [1.29, 1.82) is 0 Å². The van der Waals surface area contributed by atoms with Gasteiger partial charge in [-0.1, -0.05) is 26.0 Å². The molecule has 3 fully saturated rings. The minimum atomic E-state index is -1.25. The van der Waals surface area contributed by atoms with Crippen molar-refractivity contribution >= 4 is 11.9 Å². The fraction of sp³-hybridized carbons (Fsp3) is 0.833. The topological polar surface area (TPSA) is 82.1 Å². The Kier molecular flexibility index (Phi) is 6.41. The van der Waals surface area contributed by atoms with Crippen molar-refractivity contribution in [3.05, 3.63) is 12.2 Å². The van der Waals surface area contributed by atoms with Crippen LogP contribution in [0.1, 0.15) is 73.6 Å². The lowest BCUT2D eigenvalue weighted by Crippen LogP contribution is -2.52. The number of carbonyl (C=O) groups is 2. The van der Waals surface area contributed by atoms with Crippen LogP contribution in [-0.4, -0.2) is 46.6 Å². The first-order valence-electron chi connectivity index (χ1n) is 11.3. The highest BCUT2D eigenvalue weighted by molar-refractivity contribution is 5.67. The van der Waals surface area contributed by atoms with Gasteiger partial charge in [-0.25, -0.2) is 0 Å². The smallest absolute Gasteiger partial charge is 0.303 e. The summed E-state index contributed by atoms with van der Waals surface area (Å²) in [6.07, 6.45) is 1.95. The molecule has 1 aliphatic carbocycles. The van der Waals surface area contributed by atoms with Gasteiger partial charge in [-0.05, 0) is 51.4 Å². The van der Waals surface area contributed by atoms with E-state index < -0.39 is 23.3 Å². The van der Waals surface area contributed by atoms with Crippen molar-refractivity contribution in [3.8, 4) is 0 Å². The van der Waals surface area contributed by atoms with Crippen LogP contribution < -0.4 is 0 Å². The summed E-state index contributed by atoms with van der Waals surface area (Å²) in [5, 5.41) is 11.3. The maximum Gasteiger partial charge on any atom is 0.303 e. The zero-order valence-corrected chi connectivity index (χ0v) is 19.3. The molecule has 0 aromatic rings. The van der Waals surface area contributed by atoms with Crippen molar-refractivity contribution in [2.75, 3.05) is 0 Å². The molecule has 170 valence electrons. The summed E-state index contributed by atoms with van der Waals surface area (Å²) in [4.78, 5) is 23.8. The molecule has 2 bridgehead atoms. The highest BCUT2D eigenvalue weighted by Gasteiger charge is 2.60. The number of hydrogen-bond donors (Lipinski definition) is 1. The van der Waals surface area contributed by atoms with Crippen molar-refractivity contribution in [3.63, 3.8) is 0 Å². The summed E-state index contributed by atoms with van der Waals surface area (Å²) < 4.78 is 18.1. The Morgan fingerprint density at radius 3 is 2.43 bits per heavy atom. The Bertz CT molecular complexity index is 698. The number of rotatable bonds is 3. The lowest BCUT2D eigenvalue weighted by molar-refractivity contribution is -0.180. The SMILES string of the molecule is C=C1CC[C@H](C(C)C)[C@@H]2[C@H]1[C@H]1C[C@@](C)(O)[C@@H](OC(C)=O)CC[C@@](C)(OC(C)=O)[C@@H]2O1. The molecule has 0 radical (unpaired) electrons. The third-order valence-corrected chi connectivity index (χ3v) is 7.61. The average Bonchev–Trinajstić information content (AvgIpc) is 2.98. The predicted octanol–water partition coefficient (Wildman–Crippen LogP) is 3.80. The van der Waals surface area contributed by atoms with Gasteiger partial charge in [-0.2, -0.15) is 0 Å². The molecule has 3 aliphatic rings. The van der Waals surface area contributed by atoms with Crippen LogP contribution in [0.4, 0.5) is 0 Å². The average molecular weight is 423 g/mol. The lowest BCUT2D eigenvalue weighted by Gasteiger charge is -2.46. The van der Waals surface area contributed by atoms with Crippen LogP contribution in [-0.2, 0) is 23.8 Å². The van der Waals surface area contributed by atoms with Crippen molar-refractivity contribution in [2.45, 2.75) is 103 Å². The van der Waals surface area contributed by atoms with Gasteiger partial charge in [0, 0.05) is 32.1 Å². The zero-order chi connectivity index (χ0) is 22.4. The number of carbonyl (C=O) groups excluding carboxylic acids is 2. The first-order chi connectivity index (χ1) is 13.9. The lowest BCUT2D eigenvalue weighted by atomic mass is 9.60. The molecular weight excluding hydrogens is 384 g/mol. The summed E-state index contributed by atoms with van der Waals surface area (Å²) in [5.41, 5.74) is -0.968. The van der Waals surface area contributed by atoms with E-state index in [1.165, 1.54) is 13.8 Å². The van der Waals surface area contributed by atoms with Crippen LogP contribution in [0.3, 0.4) is 0 Å². The van der Waals surface area contributed by atoms with E-state index in [1.807, 2.05) is 6.92 Å². The second kappa shape index (κ2) is 8.27. The van der Waals surface area contributed by atoms with Crippen LogP contribution >= 0.6 is 0 Å². The fourth-order valence-electron chi connectivity index (χ4n) is 6.27. The number of aliphatic hydroxyl groups is 1. The highest BCUT2D eigenvalue weighted by atomic mass is 16.6. The van der Waals surface area contributed by atoms with Crippen LogP contribution in [0.2, 0.25) is 0 Å². The van der Waals surface area contributed by atoms with E-state index in [0.29, 0.717) is 31.1 Å². The molecule has 2 heterocycles. The monoisotopic (exact) mass is 422 g/mol. The van der Waals surface area contributed by atoms with Gasteiger partial charge in [0.15, 0.2) is 0 Å². The van der Waals surface area contributed by atoms with Gasteiger partial charge in [0.25, 0.3) is 0 Å². The van der Waals surface area contributed by atoms with E-state index in [4.69, 9.17) is 14.2 Å². The molecule has 0 amide bonds. The Morgan fingerprint density at radius 2 is 1.87 bits per heavy atom. The first-order valence-corrected chi connectivity index (χ1v) is 11.3. The van der Waals surface area contributed by atoms with E-state index >= 15 is 0 Å². The minimum absolute atomic E-state index is 0.0913. The Labute approximate surface area is 180 Å². The molecule has 6 nitrogen and oxygen atoms in total. The van der Waals surface area contributed by atoms with Crippen molar-refractivity contribution < 1.29 is 28.9 Å². The molecule has 2 saturated heterocycles. The quantitative estimate of drug-likeness (QED) is 0.550. The summed E-state index contributed by atoms with van der Waals surface area (Å²) in [6.45, 7) is 15.3. The second-order valence-electron chi connectivity index (χ2n) is 10.4. The first kappa shape index (κ1) is 23.3. The van der Waals surface area contributed by atoms with E-state index in [-0.39, 0.29) is 30.0 Å². The molecule has 2 aliphatic heterocycles. The minimum Gasteiger partial charge on any atom is -0.460 e. The normalized spacial score (nSPS) is 43.9. The molecule has 1 N–H and O–H groups in total. The molecule has 0 spiro atoms. The molecule has 1 saturated carbocycles. The molecule has 8 atom stereocenters. The van der Waals surface area contributed by atoms with Crippen molar-refractivity contribution in [2.24, 2.45) is 23.7 Å². The highest BCUT2D eigenvalue weighted by Crippen LogP contribution is 2.56. The summed E-state index contributed by atoms with van der Waals surface area (Å²) in [7, 11) is 0. The molecule has 0 aromatic carbocycles. The maximum atomic E-state index is 12.1. The Morgan fingerprint density at radius 1 is 1.20 bits per heavy atom. The largest absolute Gasteiger partial charge is 0.460 e. The van der Waals surface area contributed by atoms with Gasteiger partial charge < -0.3 is 19.3 Å². The Hall–Kier alpha value is -1.40. The van der Waals surface area contributed by atoms with Crippen LogP contribution in [0, 0.1) is 23.7 Å². The molecule has 3 rings (SSSR count). The summed E-state index contributed by atoms with van der Waals surface area (Å²) >= 11 is 0. The fourth-order valence-corrected chi connectivity index (χ4v) is 6.27.